The van der Waals surface area contributed by atoms with E-state index in [2.05, 4.69) is 22.4 Å². The maximum atomic E-state index is 12.7. The highest BCUT2D eigenvalue weighted by Gasteiger charge is 1.97. The summed E-state index contributed by atoms with van der Waals surface area (Å²) in [5.74, 6) is 0.140. The SMILES string of the molecule is N#CSC/C(=C/c1ccc(F)cc1)N=C=S. The largest absolute Gasteiger partial charge is 0.207 e. The summed E-state index contributed by atoms with van der Waals surface area (Å²) in [5, 5.41) is 12.6. The second-order valence-electron chi connectivity index (χ2n) is 2.77. The molecule has 0 spiro atoms. The first-order valence-corrected chi connectivity index (χ1v) is 5.70. The maximum absolute atomic E-state index is 12.7. The van der Waals surface area contributed by atoms with Gasteiger partial charge in [0, 0.05) is 0 Å². The van der Waals surface area contributed by atoms with Crippen molar-refractivity contribution in [2.45, 2.75) is 0 Å². The molecular formula is C11H7FN2S2. The molecule has 2 nitrogen and oxygen atoms in total. The van der Waals surface area contributed by atoms with Crippen LogP contribution in [-0.4, -0.2) is 10.9 Å². The van der Waals surface area contributed by atoms with E-state index < -0.39 is 0 Å². The number of nitriles is 1. The Hall–Kier alpha value is -1.47. The van der Waals surface area contributed by atoms with E-state index in [9.17, 15) is 4.39 Å². The number of nitrogens with zero attached hydrogens (tertiary/aromatic N) is 2. The minimum absolute atomic E-state index is 0.288. The number of thiocarbonyl (C=S) groups is 1. The van der Waals surface area contributed by atoms with Crippen LogP contribution < -0.4 is 0 Å². The Kier molecular flexibility index (Phi) is 5.44. The molecule has 0 saturated carbocycles. The number of aliphatic imine (C=N–C) groups is 1. The van der Waals surface area contributed by atoms with Gasteiger partial charge in [-0.3, -0.25) is 0 Å². The molecule has 1 rings (SSSR count). The lowest BCUT2D eigenvalue weighted by Gasteiger charge is -1.97. The van der Waals surface area contributed by atoms with Crippen LogP contribution in [0.2, 0.25) is 0 Å². The Balaban J connectivity index is 2.89. The monoisotopic (exact) mass is 250 g/mol. The summed E-state index contributed by atoms with van der Waals surface area (Å²) in [5.41, 5.74) is 1.44. The van der Waals surface area contributed by atoms with E-state index in [0.29, 0.717) is 11.4 Å². The fourth-order valence-electron chi connectivity index (χ4n) is 1.02. The van der Waals surface area contributed by atoms with Crippen molar-refractivity contribution in [2.75, 3.05) is 5.75 Å². The van der Waals surface area contributed by atoms with Crippen LogP contribution in [0.5, 0.6) is 0 Å². The fourth-order valence-corrected chi connectivity index (χ4v) is 1.50. The fraction of sp³-hybridized carbons (Fsp3) is 0.0909. The third kappa shape index (κ3) is 4.37. The molecule has 0 aliphatic heterocycles. The topological polar surface area (TPSA) is 36.1 Å². The third-order valence-electron chi connectivity index (χ3n) is 1.68. The molecule has 0 aliphatic rings. The normalized spacial score (nSPS) is 10.4. The van der Waals surface area contributed by atoms with Gasteiger partial charge in [0.15, 0.2) is 0 Å². The summed E-state index contributed by atoms with van der Waals surface area (Å²) in [4.78, 5) is 3.84. The molecule has 0 saturated heterocycles. The van der Waals surface area contributed by atoms with Crippen LogP contribution in [0, 0.1) is 16.5 Å². The number of thiocyanates is 1. The lowest BCUT2D eigenvalue weighted by Crippen LogP contribution is -1.83. The van der Waals surface area contributed by atoms with Crippen LogP contribution in [0.1, 0.15) is 5.56 Å². The van der Waals surface area contributed by atoms with Gasteiger partial charge in [0.2, 0.25) is 0 Å². The average Bonchev–Trinajstić information content (AvgIpc) is 2.29. The molecule has 0 aliphatic carbocycles. The van der Waals surface area contributed by atoms with E-state index in [1.807, 2.05) is 5.40 Å². The summed E-state index contributed by atoms with van der Waals surface area (Å²) in [7, 11) is 0. The third-order valence-corrected chi connectivity index (χ3v) is 2.34. The van der Waals surface area contributed by atoms with Gasteiger partial charge in [0.05, 0.1) is 16.6 Å². The highest BCUT2D eigenvalue weighted by atomic mass is 32.2. The summed E-state index contributed by atoms with van der Waals surface area (Å²) in [6.45, 7) is 0. The van der Waals surface area contributed by atoms with Gasteiger partial charge in [-0.1, -0.05) is 12.1 Å². The molecule has 0 amide bonds. The highest BCUT2D eigenvalue weighted by molar-refractivity contribution is 8.03. The Bertz CT molecular complexity index is 468. The first kappa shape index (κ1) is 12.6. The smallest absolute Gasteiger partial charge is 0.133 e. The first-order valence-electron chi connectivity index (χ1n) is 4.31. The van der Waals surface area contributed by atoms with Gasteiger partial charge in [-0.05, 0) is 47.8 Å². The highest BCUT2D eigenvalue weighted by Crippen LogP contribution is 2.13. The van der Waals surface area contributed by atoms with Gasteiger partial charge < -0.3 is 0 Å². The zero-order valence-electron chi connectivity index (χ0n) is 8.18. The van der Waals surface area contributed by atoms with Crippen molar-refractivity contribution in [3.8, 4) is 5.40 Å². The number of isothiocyanates is 1. The number of halogens is 1. The quantitative estimate of drug-likeness (QED) is 0.466. The van der Waals surface area contributed by atoms with E-state index in [4.69, 9.17) is 5.26 Å². The molecule has 1 aromatic rings. The Morgan fingerprint density at radius 1 is 1.50 bits per heavy atom. The van der Waals surface area contributed by atoms with Crippen LogP contribution in [0.3, 0.4) is 0 Å². The second-order valence-corrected chi connectivity index (χ2v) is 3.71. The Morgan fingerprint density at radius 2 is 2.19 bits per heavy atom. The van der Waals surface area contributed by atoms with Gasteiger partial charge in [-0.15, -0.1) is 0 Å². The molecule has 0 atom stereocenters. The van der Waals surface area contributed by atoms with E-state index >= 15 is 0 Å². The molecular weight excluding hydrogens is 243 g/mol. The molecule has 80 valence electrons. The molecule has 0 radical (unpaired) electrons. The minimum atomic E-state index is -0.288. The number of thioether (sulfide) groups is 1. The number of hydrogen-bond donors (Lipinski definition) is 0. The standard InChI is InChI=1S/C11H7FN2S2/c12-10-3-1-9(2-4-10)5-11(14-8-15)6-16-7-13/h1-5H,6H2/b11-5-. The molecule has 16 heavy (non-hydrogen) atoms. The summed E-state index contributed by atoms with van der Waals surface area (Å²) in [6.07, 6.45) is 1.74. The maximum Gasteiger partial charge on any atom is 0.133 e. The van der Waals surface area contributed by atoms with Crippen molar-refractivity contribution >= 4 is 35.2 Å². The summed E-state index contributed by atoms with van der Waals surface area (Å²) < 4.78 is 12.7. The molecule has 0 heterocycles. The van der Waals surface area contributed by atoms with Crippen molar-refractivity contribution < 1.29 is 4.39 Å². The van der Waals surface area contributed by atoms with Crippen molar-refractivity contribution in [3.05, 3.63) is 41.3 Å². The Labute approximate surface area is 103 Å². The minimum Gasteiger partial charge on any atom is -0.207 e. The van der Waals surface area contributed by atoms with Gasteiger partial charge in [0.1, 0.15) is 11.2 Å². The van der Waals surface area contributed by atoms with E-state index in [1.54, 1.807) is 18.2 Å². The van der Waals surface area contributed by atoms with Crippen molar-refractivity contribution in [1.29, 1.82) is 5.26 Å². The first-order chi connectivity index (χ1) is 7.76. The summed E-state index contributed by atoms with van der Waals surface area (Å²) >= 11 is 5.57. The van der Waals surface area contributed by atoms with Crippen molar-refractivity contribution in [1.82, 2.24) is 0 Å². The van der Waals surface area contributed by atoms with Crippen LogP contribution in [0.4, 0.5) is 4.39 Å². The molecule has 5 heteroatoms. The molecule has 0 fully saturated rings. The predicted molar refractivity (Wildman–Crippen MR) is 67.5 cm³/mol. The molecule has 0 N–H and O–H groups in total. The van der Waals surface area contributed by atoms with Crippen LogP contribution >= 0.6 is 24.0 Å². The van der Waals surface area contributed by atoms with Crippen molar-refractivity contribution in [3.63, 3.8) is 0 Å². The predicted octanol–water partition coefficient (Wildman–Crippen LogP) is 3.48. The number of rotatable bonds is 4. The zero-order chi connectivity index (χ0) is 11.8. The lowest BCUT2D eigenvalue weighted by atomic mass is 10.2. The van der Waals surface area contributed by atoms with E-state index in [1.165, 1.54) is 12.1 Å². The van der Waals surface area contributed by atoms with Crippen LogP contribution in [0.25, 0.3) is 6.08 Å². The molecule has 0 aromatic heterocycles. The van der Waals surface area contributed by atoms with Gasteiger partial charge in [-0.2, -0.15) is 10.3 Å². The number of hydrogen-bond acceptors (Lipinski definition) is 4. The molecule has 0 unspecified atom stereocenters. The van der Waals surface area contributed by atoms with E-state index in [-0.39, 0.29) is 5.82 Å². The van der Waals surface area contributed by atoms with E-state index in [0.717, 1.165) is 17.3 Å². The second kappa shape index (κ2) is 6.91. The van der Waals surface area contributed by atoms with Crippen LogP contribution in [-0.2, 0) is 0 Å². The lowest BCUT2D eigenvalue weighted by molar-refractivity contribution is 0.628. The van der Waals surface area contributed by atoms with Gasteiger partial charge in [0.25, 0.3) is 0 Å². The van der Waals surface area contributed by atoms with Gasteiger partial charge in [-0.25, -0.2) is 4.39 Å². The number of benzene rings is 1. The van der Waals surface area contributed by atoms with Crippen molar-refractivity contribution in [2.24, 2.45) is 4.99 Å². The zero-order valence-corrected chi connectivity index (χ0v) is 9.82. The van der Waals surface area contributed by atoms with Gasteiger partial charge >= 0.3 is 0 Å². The molecule has 0 bridgehead atoms. The van der Waals surface area contributed by atoms with Crippen LogP contribution in [0.15, 0.2) is 35.0 Å². The molecule has 1 aromatic carbocycles. The Morgan fingerprint density at radius 3 is 2.75 bits per heavy atom. The average molecular weight is 250 g/mol. The summed E-state index contributed by atoms with van der Waals surface area (Å²) in [6, 6.07) is 5.99.